The quantitative estimate of drug-likeness (QED) is 0.192. The van der Waals surface area contributed by atoms with E-state index in [1.165, 1.54) is 86.3 Å². The third-order valence-electron chi connectivity index (χ3n) is 9.11. The predicted molar refractivity (Wildman–Crippen MR) is 205 cm³/mol. The predicted octanol–water partition coefficient (Wildman–Crippen LogP) is 13.4. The normalized spacial score (nSPS) is 13.3. The summed E-state index contributed by atoms with van der Waals surface area (Å²) in [5.41, 5.74) is 7.66. The molecule has 0 spiro atoms. The van der Waals surface area contributed by atoms with Crippen LogP contribution in [0.5, 0.6) is 0 Å². The SMILES string of the molecule is C1=C(c2ccc(-c3cccc4ccccc34)c3ccccc23)SC(c2ccc(-c3cccc4ccccc34)c3ccccc23)=CS1. The molecule has 0 amide bonds. The van der Waals surface area contributed by atoms with Crippen molar-refractivity contribution >= 4 is 76.4 Å². The van der Waals surface area contributed by atoms with E-state index in [0.717, 1.165) is 0 Å². The molecule has 0 unspecified atom stereocenters. The molecule has 0 fully saturated rings. The molecule has 0 saturated carbocycles. The van der Waals surface area contributed by atoms with E-state index in [-0.39, 0.29) is 0 Å². The summed E-state index contributed by atoms with van der Waals surface area (Å²) in [6.07, 6.45) is 0. The van der Waals surface area contributed by atoms with Gasteiger partial charge in [0.2, 0.25) is 0 Å². The number of rotatable bonds is 4. The zero-order valence-corrected chi connectivity index (χ0v) is 26.6. The van der Waals surface area contributed by atoms with Gasteiger partial charge in [-0.2, -0.15) is 0 Å². The lowest BCUT2D eigenvalue weighted by Gasteiger charge is -2.20. The summed E-state index contributed by atoms with van der Waals surface area (Å²) in [5, 5.41) is 14.8. The molecule has 1 aliphatic rings. The Labute approximate surface area is 277 Å². The van der Waals surface area contributed by atoms with Crippen LogP contribution in [0.2, 0.25) is 0 Å². The fourth-order valence-electron chi connectivity index (χ4n) is 6.98. The van der Waals surface area contributed by atoms with Crippen molar-refractivity contribution in [2.75, 3.05) is 0 Å². The van der Waals surface area contributed by atoms with Crippen molar-refractivity contribution in [1.29, 1.82) is 0 Å². The molecular formula is C44H28S2. The van der Waals surface area contributed by atoms with E-state index in [1.54, 1.807) is 11.8 Å². The molecule has 46 heavy (non-hydrogen) atoms. The Morgan fingerprint density at radius 2 is 0.587 bits per heavy atom. The van der Waals surface area contributed by atoms with Crippen LogP contribution >= 0.6 is 23.5 Å². The maximum atomic E-state index is 2.32. The molecule has 9 rings (SSSR count). The highest BCUT2D eigenvalue weighted by Gasteiger charge is 2.19. The van der Waals surface area contributed by atoms with Crippen molar-refractivity contribution in [2.45, 2.75) is 0 Å². The lowest BCUT2D eigenvalue weighted by Crippen LogP contribution is -1.92. The van der Waals surface area contributed by atoms with Gasteiger partial charge in [0.25, 0.3) is 0 Å². The third kappa shape index (κ3) is 4.57. The number of hydrogen-bond donors (Lipinski definition) is 0. The third-order valence-corrected chi connectivity index (χ3v) is 11.3. The molecule has 216 valence electrons. The van der Waals surface area contributed by atoms with E-state index in [4.69, 9.17) is 0 Å². The van der Waals surface area contributed by atoms with Crippen molar-refractivity contribution in [1.82, 2.24) is 0 Å². The highest BCUT2D eigenvalue weighted by atomic mass is 32.2. The fraction of sp³-hybridized carbons (Fsp3) is 0. The summed E-state index contributed by atoms with van der Waals surface area (Å²) < 4.78 is 0. The van der Waals surface area contributed by atoms with Gasteiger partial charge in [0, 0.05) is 9.81 Å². The van der Waals surface area contributed by atoms with Crippen LogP contribution in [0, 0.1) is 0 Å². The first-order valence-corrected chi connectivity index (χ1v) is 17.3. The zero-order valence-electron chi connectivity index (χ0n) is 25.0. The Morgan fingerprint density at radius 1 is 0.261 bits per heavy atom. The van der Waals surface area contributed by atoms with Crippen molar-refractivity contribution in [3.8, 4) is 22.3 Å². The van der Waals surface area contributed by atoms with Gasteiger partial charge in [0.15, 0.2) is 0 Å². The van der Waals surface area contributed by atoms with Gasteiger partial charge >= 0.3 is 0 Å². The van der Waals surface area contributed by atoms with Gasteiger partial charge in [-0.15, -0.1) is 11.8 Å². The molecule has 0 atom stereocenters. The van der Waals surface area contributed by atoms with E-state index in [0.29, 0.717) is 0 Å². The molecule has 0 aliphatic carbocycles. The van der Waals surface area contributed by atoms with Crippen molar-refractivity contribution in [3.63, 3.8) is 0 Å². The Kier molecular flexibility index (Phi) is 6.77. The summed E-state index contributed by atoms with van der Waals surface area (Å²) in [5.74, 6) is 0. The Bertz CT molecular complexity index is 2350. The first kappa shape index (κ1) is 27.3. The number of benzene rings is 8. The molecule has 0 aromatic heterocycles. The summed E-state index contributed by atoms with van der Waals surface area (Å²) in [6.45, 7) is 0. The fourth-order valence-corrected chi connectivity index (χ4v) is 9.08. The monoisotopic (exact) mass is 620 g/mol. The number of hydrogen-bond acceptors (Lipinski definition) is 2. The lowest BCUT2D eigenvalue weighted by molar-refractivity contribution is 1.66. The average molecular weight is 621 g/mol. The van der Waals surface area contributed by atoms with Gasteiger partial charge in [-0.3, -0.25) is 0 Å². The summed E-state index contributed by atoms with van der Waals surface area (Å²) in [7, 11) is 0. The van der Waals surface area contributed by atoms with E-state index in [9.17, 15) is 0 Å². The Balaban J connectivity index is 1.13. The highest BCUT2D eigenvalue weighted by Crippen LogP contribution is 2.50. The Hall–Kier alpha value is -5.02. The smallest absolute Gasteiger partial charge is 0.0267 e. The minimum atomic E-state index is 1.27. The van der Waals surface area contributed by atoms with Crippen molar-refractivity contribution in [3.05, 3.63) is 180 Å². The molecule has 1 aliphatic heterocycles. The van der Waals surface area contributed by atoms with Crippen LogP contribution in [0.25, 0.3) is 75.2 Å². The van der Waals surface area contributed by atoms with Crippen LogP contribution < -0.4 is 0 Å². The van der Waals surface area contributed by atoms with Gasteiger partial charge in [-0.25, -0.2) is 0 Å². The van der Waals surface area contributed by atoms with E-state index in [1.807, 2.05) is 11.8 Å². The minimum absolute atomic E-state index is 1.27. The molecule has 8 aromatic carbocycles. The molecule has 0 saturated heterocycles. The maximum Gasteiger partial charge on any atom is 0.0267 e. The van der Waals surface area contributed by atoms with Crippen LogP contribution in [0.1, 0.15) is 11.1 Å². The standard InChI is InChI=1S/C44H28S2/c1-3-15-31-29(11-1)13-9-21-33(31)39-23-25-41(37-19-7-5-17-35(37)39)43-27-45-28-44(46-43)42-26-24-40(36-18-6-8-20-38(36)42)34-22-10-14-30-12-2-4-16-32(30)34/h1-28H. The number of thioether (sulfide) groups is 2. The molecular weight excluding hydrogens is 593 g/mol. The minimum Gasteiger partial charge on any atom is -0.104 e. The van der Waals surface area contributed by atoms with Crippen LogP contribution in [-0.4, -0.2) is 0 Å². The van der Waals surface area contributed by atoms with Gasteiger partial charge in [-0.05, 0) is 87.3 Å². The molecule has 2 heteroatoms. The van der Waals surface area contributed by atoms with Gasteiger partial charge < -0.3 is 0 Å². The summed E-state index contributed by atoms with van der Waals surface area (Å²) in [6, 6.07) is 57.6. The van der Waals surface area contributed by atoms with Crippen LogP contribution in [-0.2, 0) is 0 Å². The van der Waals surface area contributed by atoms with Crippen molar-refractivity contribution in [2.24, 2.45) is 0 Å². The van der Waals surface area contributed by atoms with Gasteiger partial charge in [0.05, 0.1) is 0 Å². The average Bonchev–Trinajstić information content (AvgIpc) is 3.13. The lowest BCUT2D eigenvalue weighted by atomic mass is 9.92. The second-order valence-electron chi connectivity index (χ2n) is 11.7. The summed E-state index contributed by atoms with van der Waals surface area (Å²) >= 11 is 3.66. The number of fused-ring (bicyclic) bond motifs is 4. The second kappa shape index (κ2) is 11.4. The van der Waals surface area contributed by atoms with E-state index >= 15 is 0 Å². The van der Waals surface area contributed by atoms with Crippen LogP contribution in [0.15, 0.2) is 169 Å². The molecule has 0 nitrogen and oxygen atoms in total. The van der Waals surface area contributed by atoms with Crippen LogP contribution in [0.4, 0.5) is 0 Å². The van der Waals surface area contributed by atoms with Crippen molar-refractivity contribution < 1.29 is 0 Å². The maximum absolute atomic E-state index is 2.32. The second-order valence-corrected chi connectivity index (χ2v) is 13.5. The van der Waals surface area contributed by atoms with Gasteiger partial charge in [-0.1, -0.05) is 169 Å². The molecule has 0 bridgehead atoms. The Morgan fingerprint density at radius 3 is 1.04 bits per heavy atom. The molecule has 0 radical (unpaired) electrons. The zero-order chi connectivity index (χ0) is 30.5. The topological polar surface area (TPSA) is 0 Å². The first-order valence-electron chi connectivity index (χ1n) is 15.6. The molecule has 8 aromatic rings. The van der Waals surface area contributed by atoms with Crippen LogP contribution in [0.3, 0.4) is 0 Å². The first-order chi connectivity index (χ1) is 22.8. The molecule has 0 N–H and O–H groups in total. The largest absolute Gasteiger partial charge is 0.104 e. The van der Waals surface area contributed by atoms with E-state index in [2.05, 4.69) is 169 Å². The summed E-state index contributed by atoms with van der Waals surface area (Å²) in [4.78, 5) is 2.57. The molecule has 1 heterocycles. The van der Waals surface area contributed by atoms with Gasteiger partial charge in [0.1, 0.15) is 0 Å². The van der Waals surface area contributed by atoms with E-state index < -0.39 is 0 Å². The highest BCUT2D eigenvalue weighted by molar-refractivity contribution is 8.20.